The van der Waals surface area contributed by atoms with Gasteiger partial charge in [-0.2, -0.15) is 4.31 Å². The van der Waals surface area contributed by atoms with Gasteiger partial charge in [-0.3, -0.25) is 0 Å². The van der Waals surface area contributed by atoms with Crippen LogP contribution in [0.3, 0.4) is 0 Å². The Bertz CT molecular complexity index is 497. The lowest BCUT2D eigenvalue weighted by Crippen LogP contribution is -2.42. The number of anilines is 1. The van der Waals surface area contributed by atoms with E-state index in [1.807, 2.05) is 13.8 Å². The van der Waals surface area contributed by atoms with E-state index in [-0.39, 0.29) is 17.4 Å². The molecule has 6 heteroatoms. The third kappa shape index (κ3) is 3.92. The first-order valence-corrected chi connectivity index (χ1v) is 7.78. The minimum Gasteiger partial charge on any atom is -0.399 e. The van der Waals surface area contributed by atoms with Crippen molar-refractivity contribution < 1.29 is 13.5 Å². The van der Waals surface area contributed by atoms with Crippen LogP contribution in [0.2, 0.25) is 0 Å². The van der Waals surface area contributed by atoms with Crippen molar-refractivity contribution in [3.8, 4) is 0 Å². The number of nitrogens with zero attached hydrogens (tertiary/aromatic N) is 1. The first-order valence-electron chi connectivity index (χ1n) is 6.34. The quantitative estimate of drug-likeness (QED) is 0.615. The second-order valence-corrected chi connectivity index (χ2v) is 6.82. The molecule has 0 radical (unpaired) electrons. The number of aliphatic hydroxyl groups is 1. The van der Waals surface area contributed by atoms with E-state index >= 15 is 0 Å². The number of sulfonamides is 1. The number of hydrogen-bond donors (Lipinski definition) is 2. The first kappa shape index (κ1) is 15.9. The number of rotatable bonds is 6. The summed E-state index contributed by atoms with van der Waals surface area (Å²) < 4.78 is 26.2. The molecule has 0 saturated heterocycles. The molecule has 1 rings (SSSR count). The molecule has 1 aromatic carbocycles. The summed E-state index contributed by atoms with van der Waals surface area (Å²) in [7, 11) is -3.70. The van der Waals surface area contributed by atoms with Crippen LogP contribution in [0.4, 0.5) is 5.69 Å². The van der Waals surface area contributed by atoms with E-state index in [4.69, 9.17) is 5.73 Å². The summed E-state index contributed by atoms with van der Waals surface area (Å²) >= 11 is 0. The molecule has 0 bridgehead atoms. The van der Waals surface area contributed by atoms with E-state index in [2.05, 4.69) is 0 Å². The van der Waals surface area contributed by atoms with Gasteiger partial charge in [0, 0.05) is 12.2 Å². The average Bonchev–Trinajstić information content (AvgIpc) is 2.35. The molecule has 0 aliphatic heterocycles. The minimum absolute atomic E-state index is 0.129. The van der Waals surface area contributed by atoms with Crippen molar-refractivity contribution in [2.24, 2.45) is 5.92 Å². The molecule has 5 nitrogen and oxygen atoms in total. The van der Waals surface area contributed by atoms with E-state index in [9.17, 15) is 13.5 Å². The van der Waals surface area contributed by atoms with Gasteiger partial charge in [-0.1, -0.05) is 20.8 Å². The van der Waals surface area contributed by atoms with Crippen LogP contribution in [0.5, 0.6) is 0 Å². The van der Waals surface area contributed by atoms with Crippen LogP contribution in [0.25, 0.3) is 0 Å². The SMILES string of the molecule is CCC(O)N(CC(C)C)S(=O)(=O)c1ccc(N)cc1. The fourth-order valence-corrected chi connectivity index (χ4v) is 3.43. The molecule has 1 unspecified atom stereocenters. The van der Waals surface area contributed by atoms with Gasteiger partial charge in [-0.15, -0.1) is 0 Å². The van der Waals surface area contributed by atoms with Crippen molar-refractivity contribution >= 4 is 15.7 Å². The van der Waals surface area contributed by atoms with Gasteiger partial charge >= 0.3 is 0 Å². The van der Waals surface area contributed by atoms with Gasteiger partial charge in [0.25, 0.3) is 0 Å². The Morgan fingerprint density at radius 1 is 1.26 bits per heavy atom. The predicted molar refractivity (Wildman–Crippen MR) is 75.9 cm³/mol. The van der Waals surface area contributed by atoms with Crippen LogP contribution < -0.4 is 5.73 Å². The summed E-state index contributed by atoms with van der Waals surface area (Å²) in [5, 5.41) is 9.94. The maximum Gasteiger partial charge on any atom is 0.245 e. The summed E-state index contributed by atoms with van der Waals surface area (Å²) in [6, 6.07) is 6.00. The van der Waals surface area contributed by atoms with Gasteiger partial charge in [0.05, 0.1) is 4.90 Å². The van der Waals surface area contributed by atoms with Crippen molar-refractivity contribution in [1.29, 1.82) is 0 Å². The molecule has 0 aliphatic rings. The molecule has 0 saturated carbocycles. The van der Waals surface area contributed by atoms with E-state index in [1.165, 1.54) is 12.1 Å². The lowest BCUT2D eigenvalue weighted by molar-refractivity contribution is 0.0533. The molecule has 0 fully saturated rings. The lowest BCUT2D eigenvalue weighted by atomic mass is 10.2. The van der Waals surface area contributed by atoms with E-state index in [1.54, 1.807) is 19.1 Å². The smallest absolute Gasteiger partial charge is 0.245 e. The Balaban J connectivity index is 3.15. The molecule has 0 spiro atoms. The average molecular weight is 286 g/mol. The van der Waals surface area contributed by atoms with E-state index < -0.39 is 16.3 Å². The molecule has 108 valence electrons. The number of hydrogen-bond acceptors (Lipinski definition) is 4. The Morgan fingerprint density at radius 3 is 2.21 bits per heavy atom. The van der Waals surface area contributed by atoms with Crippen LogP contribution in [0.15, 0.2) is 29.2 Å². The van der Waals surface area contributed by atoms with Gasteiger partial charge in [0.15, 0.2) is 0 Å². The molecule has 0 aliphatic carbocycles. The van der Waals surface area contributed by atoms with Crippen LogP contribution in [-0.4, -0.2) is 30.6 Å². The zero-order valence-corrected chi connectivity index (χ0v) is 12.4. The summed E-state index contributed by atoms with van der Waals surface area (Å²) in [6.07, 6.45) is -0.661. The highest BCUT2D eigenvalue weighted by Crippen LogP contribution is 2.21. The largest absolute Gasteiger partial charge is 0.399 e. The van der Waals surface area contributed by atoms with Crippen molar-refractivity contribution in [3.05, 3.63) is 24.3 Å². The number of nitrogens with two attached hydrogens (primary N) is 1. The molecule has 1 aromatic rings. The zero-order valence-electron chi connectivity index (χ0n) is 11.6. The maximum atomic E-state index is 12.5. The summed E-state index contributed by atoms with van der Waals surface area (Å²) in [5.41, 5.74) is 6.06. The molecular weight excluding hydrogens is 264 g/mol. The number of benzene rings is 1. The van der Waals surface area contributed by atoms with Crippen molar-refractivity contribution in [2.45, 2.75) is 38.3 Å². The third-order valence-corrected chi connectivity index (χ3v) is 4.61. The fourth-order valence-electron chi connectivity index (χ4n) is 1.72. The molecule has 0 heterocycles. The molecule has 3 N–H and O–H groups in total. The lowest BCUT2D eigenvalue weighted by Gasteiger charge is -2.28. The molecule has 19 heavy (non-hydrogen) atoms. The topological polar surface area (TPSA) is 83.6 Å². The van der Waals surface area contributed by atoms with Gasteiger partial charge in [-0.05, 0) is 36.6 Å². The second kappa shape index (κ2) is 6.36. The number of aliphatic hydroxyl groups excluding tert-OH is 1. The molecular formula is C13H22N2O3S. The van der Waals surface area contributed by atoms with Crippen LogP contribution in [0.1, 0.15) is 27.2 Å². The third-order valence-electron chi connectivity index (χ3n) is 2.73. The van der Waals surface area contributed by atoms with Crippen molar-refractivity contribution in [1.82, 2.24) is 4.31 Å². The second-order valence-electron chi connectivity index (χ2n) is 4.93. The fraction of sp³-hybridized carbons (Fsp3) is 0.538. The Kier molecular flexibility index (Phi) is 5.34. The Labute approximate surface area is 115 Å². The Morgan fingerprint density at radius 2 is 1.79 bits per heavy atom. The molecule has 1 atom stereocenters. The maximum absolute atomic E-state index is 12.5. The highest BCUT2D eigenvalue weighted by Gasteiger charge is 2.29. The zero-order chi connectivity index (χ0) is 14.6. The van der Waals surface area contributed by atoms with Crippen LogP contribution in [0, 0.1) is 5.92 Å². The highest BCUT2D eigenvalue weighted by atomic mass is 32.2. The summed E-state index contributed by atoms with van der Waals surface area (Å²) in [6.45, 7) is 5.85. The van der Waals surface area contributed by atoms with Gasteiger partial charge in [-0.25, -0.2) is 8.42 Å². The standard InChI is InChI=1S/C13H22N2O3S/c1-4-13(16)15(9-10(2)3)19(17,18)12-7-5-11(14)6-8-12/h5-8,10,13,16H,4,9,14H2,1-3H3. The molecule has 0 amide bonds. The highest BCUT2D eigenvalue weighted by molar-refractivity contribution is 7.89. The minimum atomic E-state index is -3.70. The first-order chi connectivity index (χ1) is 8.78. The van der Waals surface area contributed by atoms with Crippen LogP contribution >= 0.6 is 0 Å². The normalized spacial score (nSPS) is 14.0. The summed E-state index contributed by atoms with van der Waals surface area (Å²) in [5.74, 6) is 0.129. The van der Waals surface area contributed by atoms with E-state index in [0.717, 1.165) is 4.31 Å². The molecule has 0 aromatic heterocycles. The van der Waals surface area contributed by atoms with E-state index in [0.29, 0.717) is 12.1 Å². The van der Waals surface area contributed by atoms with Crippen LogP contribution in [-0.2, 0) is 10.0 Å². The van der Waals surface area contributed by atoms with Gasteiger partial charge in [0.2, 0.25) is 10.0 Å². The van der Waals surface area contributed by atoms with Gasteiger partial charge in [0.1, 0.15) is 6.23 Å². The predicted octanol–water partition coefficient (Wildman–Crippen LogP) is 1.64. The van der Waals surface area contributed by atoms with Crippen molar-refractivity contribution in [3.63, 3.8) is 0 Å². The summed E-state index contributed by atoms with van der Waals surface area (Å²) in [4.78, 5) is 0.148. The Hall–Kier alpha value is -1.11. The monoisotopic (exact) mass is 286 g/mol. The number of nitrogen functional groups attached to an aromatic ring is 1. The van der Waals surface area contributed by atoms with Crippen molar-refractivity contribution in [2.75, 3.05) is 12.3 Å². The van der Waals surface area contributed by atoms with Gasteiger partial charge < -0.3 is 10.8 Å².